The summed E-state index contributed by atoms with van der Waals surface area (Å²) in [6, 6.07) is 10.3. The van der Waals surface area contributed by atoms with Gasteiger partial charge >= 0.3 is 0 Å². The molecule has 2 N–H and O–H groups in total. The maximum absolute atomic E-state index is 10.5. The average molecular weight is 314 g/mol. The summed E-state index contributed by atoms with van der Waals surface area (Å²) < 4.78 is 0. The van der Waals surface area contributed by atoms with Crippen LogP contribution in [0.2, 0.25) is 0 Å². The molecule has 0 unspecified atom stereocenters. The van der Waals surface area contributed by atoms with Gasteiger partial charge in [0.25, 0.3) is 0 Å². The van der Waals surface area contributed by atoms with Crippen LogP contribution in [0.1, 0.15) is 37.0 Å². The van der Waals surface area contributed by atoms with Crippen molar-refractivity contribution in [3.05, 3.63) is 47.5 Å². The van der Waals surface area contributed by atoms with E-state index in [0.717, 1.165) is 57.0 Å². The van der Waals surface area contributed by atoms with Crippen molar-refractivity contribution in [3.63, 3.8) is 0 Å². The number of benzene rings is 1. The molecule has 1 aromatic carbocycles. The van der Waals surface area contributed by atoms with Crippen LogP contribution in [0.25, 0.3) is 0 Å². The molecule has 0 bridgehead atoms. The van der Waals surface area contributed by atoms with E-state index in [1.807, 2.05) is 18.2 Å². The maximum Gasteiger partial charge on any atom is 0.150 e. The van der Waals surface area contributed by atoms with Gasteiger partial charge in [-0.25, -0.2) is 4.98 Å². The minimum Gasteiger partial charge on any atom is -0.392 e. The SMILES string of the molecule is CCc1n[nH]c(CN2CCC([C@H](O)Cc3ccccc3)CC2)n1. The summed E-state index contributed by atoms with van der Waals surface area (Å²) in [5.41, 5.74) is 1.22. The van der Waals surface area contributed by atoms with Crippen LogP contribution < -0.4 is 0 Å². The molecule has 124 valence electrons. The molecule has 5 heteroatoms. The molecule has 3 rings (SSSR count). The van der Waals surface area contributed by atoms with Crippen LogP contribution in [0.3, 0.4) is 0 Å². The molecule has 23 heavy (non-hydrogen) atoms. The minimum absolute atomic E-state index is 0.239. The van der Waals surface area contributed by atoms with E-state index in [1.165, 1.54) is 5.56 Å². The fraction of sp³-hybridized carbons (Fsp3) is 0.556. The average Bonchev–Trinajstić information content (AvgIpc) is 3.04. The van der Waals surface area contributed by atoms with Crippen molar-refractivity contribution in [1.82, 2.24) is 20.1 Å². The third-order valence-electron chi connectivity index (χ3n) is 4.73. The molecule has 0 spiro atoms. The highest BCUT2D eigenvalue weighted by Gasteiger charge is 2.25. The number of aliphatic hydroxyl groups excluding tert-OH is 1. The third kappa shape index (κ3) is 4.39. The van der Waals surface area contributed by atoms with Crippen LogP contribution in [-0.2, 0) is 19.4 Å². The van der Waals surface area contributed by atoms with Gasteiger partial charge in [-0.3, -0.25) is 10.00 Å². The van der Waals surface area contributed by atoms with E-state index in [4.69, 9.17) is 0 Å². The normalized spacial score (nSPS) is 18.2. The zero-order valence-electron chi connectivity index (χ0n) is 13.8. The Balaban J connectivity index is 1.46. The smallest absolute Gasteiger partial charge is 0.150 e. The molecule has 1 aliphatic rings. The molecule has 1 saturated heterocycles. The van der Waals surface area contributed by atoms with E-state index >= 15 is 0 Å². The number of nitrogens with one attached hydrogen (secondary N) is 1. The first kappa shape index (κ1) is 16.1. The lowest BCUT2D eigenvalue weighted by Crippen LogP contribution is -2.38. The van der Waals surface area contributed by atoms with Crippen molar-refractivity contribution in [3.8, 4) is 0 Å². The lowest BCUT2D eigenvalue weighted by Gasteiger charge is -2.33. The van der Waals surface area contributed by atoms with Gasteiger partial charge in [-0.05, 0) is 43.8 Å². The van der Waals surface area contributed by atoms with Crippen molar-refractivity contribution in [2.75, 3.05) is 13.1 Å². The Labute approximate surface area is 137 Å². The Hall–Kier alpha value is -1.72. The molecule has 0 aliphatic carbocycles. The van der Waals surface area contributed by atoms with E-state index in [0.29, 0.717) is 5.92 Å². The number of piperidine rings is 1. The predicted molar refractivity (Wildman–Crippen MR) is 89.9 cm³/mol. The summed E-state index contributed by atoms with van der Waals surface area (Å²) in [5, 5.41) is 17.7. The lowest BCUT2D eigenvalue weighted by molar-refractivity contribution is 0.0569. The van der Waals surface area contributed by atoms with Gasteiger partial charge in [0.2, 0.25) is 0 Å². The summed E-state index contributed by atoms with van der Waals surface area (Å²) in [6.07, 6.45) is 3.47. The van der Waals surface area contributed by atoms with Gasteiger partial charge in [0, 0.05) is 6.42 Å². The van der Waals surface area contributed by atoms with E-state index in [1.54, 1.807) is 0 Å². The molecule has 2 aromatic rings. The number of aromatic amines is 1. The number of hydrogen-bond donors (Lipinski definition) is 2. The van der Waals surface area contributed by atoms with E-state index in [2.05, 4.69) is 39.1 Å². The quantitative estimate of drug-likeness (QED) is 0.858. The highest BCUT2D eigenvalue weighted by Crippen LogP contribution is 2.23. The fourth-order valence-electron chi connectivity index (χ4n) is 3.29. The Kier molecular flexibility index (Phi) is 5.41. The van der Waals surface area contributed by atoms with Crippen molar-refractivity contribution >= 4 is 0 Å². The topological polar surface area (TPSA) is 65.0 Å². The molecule has 5 nitrogen and oxygen atoms in total. The number of aryl methyl sites for hydroxylation is 1. The van der Waals surface area contributed by atoms with E-state index in [-0.39, 0.29) is 6.10 Å². The second kappa shape index (κ2) is 7.70. The van der Waals surface area contributed by atoms with Gasteiger partial charge in [-0.1, -0.05) is 37.3 Å². The van der Waals surface area contributed by atoms with Gasteiger partial charge in [-0.15, -0.1) is 0 Å². The Morgan fingerprint density at radius 2 is 2.00 bits per heavy atom. The largest absolute Gasteiger partial charge is 0.392 e. The van der Waals surface area contributed by atoms with Crippen molar-refractivity contribution in [2.24, 2.45) is 5.92 Å². The van der Waals surface area contributed by atoms with Gasteiger partial charge < -0.3 is 5.11 Å². The number of hydrogen-bond acceptors (Lipinski definition) is 4. The number of nitrogens with zero attached hydrogens (tertiary/aromatic N) is 3. The first-order chi connectivity index (χ1) is 11.2. The van der Waals surface area contributed by atoms with Crippen LogP contribution in [0.5, 0.6) is 0 Å². The summed E-state index contributed by atoms with van der Waals surface area (Å²) in [4.78, 5) is 6.87. The minimum atomic E-state index is -0.239. The van der Waals surface area contributed by atoms with Crippen molar-refractivity contribution < 1.29 is 5.11 Å². The van der Waals surface area contributed by atoms with Crippen molar-refractivity contribution in [1.29, 1.82) is 0 Å². The monoisotopic (exact) mass is 314 g/mol. The Bertz CT molecular complexity index is 590. The molecule has 0 saturated carbocycles. The number of rotatable bonds is 6. The van der Waals surface area contributed by atoms with Crippen LogP contribution in [0, 0.1) is 5.92 Å². The third-order valence-corrected chi connectivity index (χ3v) is 4.73. The maximum atomic E-state index is 10.5. The second-order valence-corrected chi connectivity index (χ2v) is 6.42. The Morgan fingerprint density at radius 1 is 1.26 bits per heavy atom. The summed E-state index contributed by atoms with van der Waals surface area (Å²) >= 11 is 0. The lowest BCUT2D eigenvalue weighted by atomic mass is 9.88. The van der Waals surface area contributed by atoms with Gasteiger partial charge in [0.15, 0.2) is 0 Å². The van der Waals surface area contributed by atoms with Gasteiger partial charge in [-0.2, -0.15) is 5.10 Å². The first-order valence-corrected chi connectivity index (χ1v) is 8.59. The van der Waals surface area contributed by atoms with Gasteiger partial charge in [0.1, 0.15) is 11.6 Å². The van der Waals surface area contributed by atoms with E-state index < -0.39 is 0 Å². The molecule has 1 atom stereocenters. The molecular weight excluding hydrogens is 288 g/mol. The number of H-pyrrole nitrogens is 1. The zero-order valence-corrected chi connectivity index (χ0v) is 13.8. The first-order valence-electron chi connectivity index (χ1n) is 8.59. The molecule has 0 radical (unpaired) electrons. The molecule has 0 amide bonds. The molecular formula is C18H26N4O. The fourth-order valence-corrected chi connectivity index (χ4v) is 3.29. The summed E-state index contributed by atoms with van der Waals surface area (Å²) in [6.45, 7) is 4.92. The number of aromatic nitrogens is 3. The molecule has 1 fully saturated rings. The summed E-state index contributed by atoms with van der Waals surface area (Å²) in [7, 11) is 0. The molecule has 1 aromatic heterocycles. The highest BCUT2D eigenvalue weighted by molar-refractivity contribution is 5.15. The van der Waals surface area contributed by atoms with Crippen LogP contribution >= 0.6 is 0 Å². The standard InChI is InChI=1S/C18H26N4O/c1-2-17-19-18(21-20-17)13-22-10-8-15(9-11-22)16(23)12-14-6-4-3-5-7-14/h3-7,15-16,23H,2,8-13H2,1H3,(H,19,20,21)/t16-/m1/s1. The summed E-state index contributed by atoms with van der Waals surface area (Å²) in [5.74, 6) is 2.23. The zero-order chi connectivity index (χ0) is 16.1. The Morgan fingerprint density at radius 3 is 2.65 bits per heavy atom. The van der Waals surface area contributed by atoms with Crippen LogP contribution in [-0.4, -0.2) is 44.4 Å². The van der Waals surface area contributed by atoms with Gasteiger partial charge in [0.05, 0.1) is 12.6 Å². The number of aliphatic hydroxyl groups is 1. The highest BCUT2D eigenvalue weighted by atomic mass is 16.3. The van der Waals surface area contributed by atoms with Crippen LogP contribution in [0.15, 0.2) is 30.3 Å². The number of likely N-dealkylation sites (tertiary alicyclic amines) is 1. The second-order valence-electron chi connectivity index (χ2n) is 6.42. The van der Waals surface area contributed by atoms with Crippen molar-refractivity contribution in [2.45, 2.75) is 45.3 Å². The van der Waals surface area contributed by atoms with Crippen LogP contribution in [0.4, 0.5) is 0 Å². The molecule has 2 heterocycles. The van der Waals surface area contributed by atoms with E-state index in [9.17, 15) is 5.11 Å². The predicted octanol–water partition coefficient (Wildman–Crippen LogP) is 2.18. The molecule has 1 aliphatic heterocycles.